The van der Waals surface area contributed by atoms with Gasteiger partial charge in [-0.05, 0) is 35.7 Å². The summed E-state index contributed by atoms with van der Waals surface area (Å²) in [6.45, 7) is 0.769. The molecule has 0 N–H and O–H groups in total. The lowest BCUT2D eigenvalue weighted by Gasteiger charge is -2.28. The van der Waals surface area contributed by atoms with Gasteiger partial charge in [-0.1, -0.05) is 30.3 Å². The van der Waals surface area contributed by atoms with Crippen LogP contribution in [0.25, 0.3) is 0 Å². The molecule has 3 nitrogen and oxygen atoms in total. The lowest BCUT2D eigenvalue weighted by Crippen LogP contribution is -2.35. The van der Waals surface area contributed by atoms with Crippen LogP contribution in [0.3, 0.4) is 0 Å². The molecule has 0 bridgehead atoms. The van der Waals surface area contributed by atoms with E-state index in [0.29, 0.717) is 19.5 Å². The number of benzene rings is 2. The molecule has 1 aliphatic rings. The summed E-state index contributed by atoms with van der Waals surface area (Å²) in [5.74, 6) is -0.538. The number of halogens is 1. The minimum atomic E-state index is -3.63. The van der Waals surface area contributed by atoms with Crippen LogP contribution in [0.4, 0.5) is 4.39 Å². The number of hydrogen-bond donors (Lipinski definition) is 0. The van der Waals surface area contributed by atoms with E-state index in [-0.39, 0.29) is 4.90 Å². The number of sulfonamides is 1. The highest BCUT2D eigenvalue weighted by atomic mass is 32.2. The zero-order chi connectivity index (χ0) is 14.2. The van der Waals surface area contributed by atoms with Gasteiger partial charge < -0.3 is 0 Å². The first-order valence-electron chi connectivity index (χ1n) is 6.40. The van der Waals surface area contributed by atoms with Gasteiger partial charge in [0, 0.05) is 13.1 Å². The minimum absolute atomic E-state index is 0.0110. The Labute approximate surface area is 117 Å². The molecule has 1 heterocycles. The average molecular weight is 291 g/mol. The van der Waals surface area contributed by atoms with Gasteiger partial charge in [0.05, 0.1) is 4.90 Å². The molecule has 0 aromatic heterocycles. The predicted molar refractivity (Wildman–Crippen MR) is 74.1 cm³/mol. The van der Waals surface area contributed by atoms with Crippen LogP contribution in [0.15, 0.2) is 53.4 Å². The molecule has 0 saturated carbocycles. The molecule has 2 aromatic carbocycles. The Morgan fingerprint density at radius 3 is 2.50 bits per heavy atom. The number of hydrogen-bond acceptors (Lipinski definition) is 2. The molecule has 20 heavy (non-hydrogen) atoms. The standard InChI is InChI=1S/C15H14FNO2S/c16-14-6-3-7-15(10-14)20(18,19)17-9-8-12-4-1-2-5-13(12)11-17/h1-7,10H,8-9,11H2. The Morgan fingerprint density at radius 1 is 1.00 bits per heavy atom. The molecule has 0 fully saturated rings. The summed E-state index contributed by atoms with van der Waals surface area (Å²) in [5.41, 5.74) is 2.19. The van der Waals surface area contributed by atoms with Crippen LogP contribution in [-0.4, -0.2) is 19.3 Å². The van der Waals surface area contributed by atoms with Gasteiger partial charge in [0.1, 0.15) is 5.82 Å². The van der Waals surface area contributed by atoms with E-state index in [9.17, 15) is 12.8 Å². The number of rotatable bonds is 2. The van der Waals surface area contributed by atoms with Crippen LogP contribution < -0.4 is 0 Å². The van der Waals surface area contributed by atoms with Crippen molar-refractivity contribution in [3.05, 3.63) is 65.5 Å². The van der Waals surface area contributed by atoms with Crippen LogP contribution in [-0.2, 0) is 23.0 Å². The van der Waals surface area contributed by atoms with Crippen molar-refractivity contribution in [2.75, 3.05) is 6.54 Å². The van der Waals surface area contributed by atoms with Crippen molar-refractivity contribution >= 4 is 10.0 Å². The summed E-state index contributed by atoms with van der Waals surface area (Å²) in [6.07, 6.45) is 0.685. The van der Waals surface area contributed by atoms with Crippen molar-refractivity contribution in [1.29, 1.82) is 0 Å². The molecule has 0 atom stereocenters. The SMILES string of the molecule is O=S(=O)(c1cccc(F)c1)N1CCc2ccccc2C1. The smallest absolute Gasteiger partial charge is 0.207 e. The van der Waals surface area contributed by atoms with Crippen molar-refractivity contribution in [3.63, 3.8) is 0 Å². The molecule has 3 rings (SSSR count). The summed E-state index contributed by atoms with van der Waals surface area (Å²) in [4.78, 5) is 0.0110. The van der Waals surface area contributed by atoms with Crippen LogP contribution in [0.1, 0.15) is 11.1 Å². The fourth-order valence-electron chi connectivity index (χ4n) is 2.45. The van der Waals surface area contributed by atoms with Gasteiger partial charge in [-0.2, -0.15) is 4.31 Å². The normalized spacial score (nSPS) is 15.8. The van der Waals surface area contributed by atoms with E-state index in [0.717, 1.165) is 11.6 Å². The van der Waals surface area contributed by atoms with Gasteiger partial charge in [0.25, 0.3) is 0 Å². The molecule has 0 saturated heterocycles. The zero-order valence-electron chi connectivity index (χ0n) is 10.8. The highest BCUT2D eigenvalue weighted by Gasteiger charge is 2.28. The van der Waals surface area contributed by atoms with E-state index in [2.05, 4.69) is 0 Å². The van der Waals surface area contributed by atoms with Crippen molar-refractivity contribution in [3.8, 4) is 0 Å². The average Bonchev–Trinajstić information content (AvgIpc) is 2.46. The lowest BCUT2D eigenvalue weighted by atomic mass is 10.0. The van der Waals surface area contributed by atoms with E-state index in [4.69, 9.17) is 0 Å². The molecule has 0 unspecified atom stereocenters. The third kappa shape index (κ3) is 2.34. The fourth-order valence-corrected chi connectivity index (χ4v) is 3.90. The molecule has 0 aliphatic carbocycles. The second-order valence-electron chi connectivity index (χ2n) is 4.81. The maximum absolute atomic E-state index is 13.2. The third-order valence-electron chi connectivity index (χ3n) is 3.53. The first-order valence-corrected chi connectivity index (χ1v) is 7.84. The van der Waals surface area contributed by atoms with Gasteiger partial charge in [-0.25, -0.2) is 12.8 Å². The molecule has 0 radical (unpaired) electrons. The third-order valence-corrected chi connectivity index (χ3v) is 5.37. The number of fused-ring (bicyclic) bond motifs is 1. The van der Waals surface area contributed by atoms with Gasteiger partial charge in [-0.3, -0.25) is 0 Å². The molecule has 0 amide bonds. The maximum Gasteiger partial charge on any atom is 0.243 e. The van der Waals surface area contributed by atoms with E-state index in [1.54, 1.807) is 0 Å². The highest BCUT2D eigenvalue weighted by Crippen LogP contribution is 2.24. The summed E-state index contributed by atoms with van der Waals surface area (Å²) < 4.78 is 39.6. The Kier molecular flexibility index (Phi) is 3.31. The molecule has 104 valence electrons. The Bertz CT molecular complexity index is 743. The highest BCUT2D eigenvalue weighted by molar-refractivity contribution is 7.89. The molecular formula is C15H14FNO2S. The van der Waals surface area contributed by atoms with Gasteiger partial charge >= 0.3 is 0 Å². The largest absolute Gasteiger partial charge is 0.243 e. The van der Waals surface area contributed by atoms with Gasteiger partial charge in [0.2, 0.25) is 10.0 Å². The van der Waals surface area contributed by atoms with Crippen LogP contribution in [0.2, 0.25) is 0 Å². The van der Waals surface area contributed by atoms with Gasteiger partial charge in [-0.15, -0.1) is 0 Å². The quantitative estimate of drug-likeness (QED) is 0.853. The summed E-state index contributed by atoms with van der Waals surface area (Å²) in [6, 6.07) is 13.0. The first-order chi connectivity index (χ1) is 9.57. The Morgan fingerprint density at radius 2 is 1.75 bits per heavy atom. The molecule has 0 spiro atoms. The summed E-state index contributed by atoms with van der Waals surface area (Å²) >= 11 is 0. The van der Waals surface area contributed by atoms with Crippen molar-refractivity contribution in [2.24, 2.45) is 0 Å². The molecule has 2 aromatic rings. The van der Waals surface area contributed by atoms with Crippen molar-refractivity contribution in [1.82, 2.24) is 4.31 Å². The predicted octanol–water partition coefficient (Wildman–Crippen LogP) is 2.57. The first kappa shape index (κ1) is 13.3. The van der Waals surface area contributed by atoms with Crippen molar-refractivity contribution in [2.45, 2.75) is 17.9 Å². The van der Waals surface area contributed by atoms with Crippen LogP contribution >= 0.6 is 0 Å². The van der Waals surface area contributed by atoms with E-state index in [1.165, 1.54) is 28.1 Å². The van der Waals surface area contributed by atoms with E-state index in [1.807, 2.05) is 24.3 Å². The van der Waals surface area contributed by atoms with Crippen molar-refractivity contribution < 1.29 is 12.8 Å². The summed E-state index contributed by atoms with van der Waals surface area (Å²) in [7, 11) is -3.63. The molecular weight excluding hydrogens is 277 g/mol. The maximum atomic E-state index is 13.2. The topological polar surface area (TPSA) is 37.4 Å². The number of nitrogens with zero attached hydrogens (tertiary/aromatic N) is 1. The second-order valence-corrected chi connectivity index (χ2v) is 6.75. The summed E-state index contributed by atoms with van der Waals surface area (Å²) in [5, 5.41) is 0. The lowest BCUT2D eigenvalue weighted by molar-refractivity contribution is 0.391. The second kappa shape index (κ2) is 5.00. The van der Waals surface area contributed by atoms with Gasteiger partial charge in [0.15, 0.2) is 0 Å². The fraction of sp³-hybridized carbons (Fsp3) is 0.200. The minimum Gasteiger partial charge on any atom is -0.207 e. The molecule has 5 heteroatoms. The Balaban J connectivity index is 1.94. The van der Waals surface area contributed by atoms with E-state index >= 15 is 0 Å². The van der Waals surface area contributed by atoms with E-state index < -0.39 is 15.8 Å². The Hall–Kier alpha value is -1.72. The molecule has 1 aliphatic heterocycles. The van der Waals surface area contributed by atoms with Crippen LogP contribution in [0.5, 0.6) is 0 Å². The monoisotopic (exact) mass is 291 g/mol. The van der Waals surface area contributed by atoms with Crippen LogP contribution in [0, 0.1) is 5.82 Å². The zero-order valence-corrected chi connectivity index (χ0v) is 11.6.